The van der Waals surface area contributed by atoms with Gasteiger partial charge in [0.2, 0.25) is 0 Å². The van der Waals surface area contributed by atoms with Crippen LogP contribution in [-0.4, -0.2) is 18.0 Å². The number of hydrogen-bond acceptors (Lipinski definition) is 2. The van der Waals surface area contributed by atoms with Crippen molar-refractivity contribution in [2.24, 2.45) is 0 Å². The molecule has 1 aromatic carbocycles. The van der Waals surface area contributed by atoms with Gasteiger partial charge >= 0.3 is 0 Å². The third kappa shape index (κ3) is 2.39. The molecule has 0 amide bonds. The molecule has 1 fully saturated rings. The predicted octanol–water partition coefficient (Wildman–Crippen LogP) is 3.28. The van der Waals surface area contributed by atoms with Crippen molar-refractivity contribution >= 4 is 5.78 Å². The number of ether oxygens (including phenoxy) is 1. The van der Waals surface area contributed by atoms with Crippen molar-refractivity contribution in [3.05, 3.63) is 35.1 Å². The number of aryl methyl sites for hydroxylation is 1. The molecule has 0 spiro atoms. The summed E-state index contributed by atoms with van der Waals surface area (Å²) in [6.45, 7) is 4.19. The summed E-state index contributed by atoms with van der Waals surface area (Å²) in [6, 6.07) is 4.60. The highest BCUT2D eigenvalue weighted by Gasteiger charge is 2.37. The first-order valence-corrected chi connectivity index (χ1v) is 5.98. The number of Topliss-reactive ketones (excluding diaryl/α,β-unsaturated/α-hetero) is 1. The fourth-order valence-electron chi connectivity index (χ4n) is 2.21. The van der Waals surface area contributed by atoms with Crippen LogP contribution in [0, 0.1) is 12.7 Å². The van der Waals surface area contributed by atoms with E-state index in [4.69, 9.17) is 4.74 Å². The summed E-state index contributed by atoms with van der Waals surface area (Å²) in [7, 11) is 0. The van der Waals surface area contributed by atoms with E-state index in [0.717, 1.165) is 18.4 Å². The first kappa shape index (κ1) is 12.2. The van der Waals surface area contributed by atoms with E-state index in [2.05, 4.69) is 0 Å². The van der Waals surface area contributed by atoms with Gasteiger partial charge in [0.05, 0.1) is 5.56 Å². The highest BCUT2D eigenvalue weighted by Crippen LogP contribution is 2.29. The quantitative estimate of drug-likeness (QED) is 0.737. The Morgan fingerprint density at radius 3 is 2.82 bits per heavy atom. The van der Waals surface area contributed by atoms with Crippen LogP contribution < -0.4 is 0 Å². The maximum absolute atomic E-state index is 13.7. The van der Waals surface area contributed by atoms with Gasteiger partial charge in [0.25, 0.3) is 0 Å². The van der Waals surface area contributed by atoms with Crippen LogP contribution in [0.4, 0.5) is 4.39 Å². The van der Waals surface area contributed by atoms with Crippen molar-refractivity contribution in [3.8, 4) is 0 Å². The molecule has 1 aliphatic rings. The smallest absolute Gasteiger partial charge is 0.197 e. The number of carbonyl (C=O) groups excluding carboxylic acids is 1. The third-order valence-electron chi connectivity index (χ3n) is 3.32. The number of benzene rings is 1. The maximum Gasteiger partial charge on any atom is 0.197 e. The van der Waals surface area contributed by atoms with Crippen molar-refractivity contribution in [2.45, 2.75) is 38.7 Å². The molecule has 1 saturated heterocycles. The van der Waals surface area contributed by atoms with E-state index in [1.165, 1.54) is 6.07 Å². The second-order valence-corrected chi connectivity index (χ2v) is 4.85. The van der Waals surface area contributed by atoms with Crippen molar-refractivity contribution in [2.75, 3.05) is 6.61 Å². The number of rotatable bonds is 2. The van der Waals surface area contributed by atoms with Gasteiger partial charge in [-0.05, 0) is 45.2 Å². The van der Waals surface area contributed by atoms with Gasteiger partial charge in [0, 0.05) is 6.61 Å². The monoisotopic (exact) mass is 236 g/mol. The molecule has 0 aliphatic carbocycles. The summed E-state index contributed by atoms with van der Waals surface area (Å²) < 4.78 is 19.2. The largest absolute Gasteiger partial charge is 0.367 e. The van der Waals surface area contributed by atoms with Crippen LogP contribution in [0.25, 0.3) is 0 Å². The molecule has 92 valence electrons. The summed E-state index contributed by atoms with van der Waals surface area (Å²) in [5, 5.41) is 0. The van der Waals surface area contributed by atoms with Gasteiger partial charge in [-0.15, -0.1) is 0 Å². The highest BCUT2D eigenvalue weighted by molar-refractivity contribution is 6.02. The van der Waals surface area contributed by atoms with Gasteiger partial charge in [0.15, 0.2) is 5.78 Å². The number of ketones is 1. The van der Waals surface area contributed by atoms with Gasteiger partial charge in [-0.2, -0.15) is 0 Å². The SMILES string of the molecule is Cc1ccc(F)c(C(=O)C2(C)CCCCO2)c1. The molecular formula is C14H17FO2. The molecule has 1 unspecified atom stereocenters. The summed E-state index contributed by atoms with van der Waals surface area (Å²) in [5.41, 5.74) is 0.177. The van der Waals surface area contributed by atoms with Crippen LogP contribution in [0.1, 0.15) is 42.1 Å². The van der Waals surface area contributed by atoms with Gasteiger partial charge in [-0.1, -0.05) is 11.6 Å². The zero-order chi connectivity index (χ0) is 12.5. The van der Waals surface area contributed by atoms with E-state index >= 15 is 0 Å². The standard InChI is InChI=1S/C14H17FO2/c1-10-5-6-12(15)11(9-10)13(16)14(2)7-3-4-8-17-14/h5-6,9H,3-4,7-8H2,1-2H3. The Kier molecular flexibility index (Phi) is 3.29. The van der Waals surface area contributed by atoms with Crippen LogP contribution in [-0.2, 0) is 4.74 Å². The molecule has 0 aromatic heterocycles. The van der Waals surface area contributed by atoms with Gasteiger partial charge in [0.1, 0.15) is 11.4 Å². The Balaban J connectivity index is 2.32. The number of halogens is 1. The van der Waals surface area contributed by atoms with Gasteiger partial charge < -0.3 is 4.74 Å². The minimum Gasteiger partial charge on any atom is -0.367 e. The maximum atomic E-state index is 13.7. The lowest BCUT2D eigenvalue weighted by atomic mass is 9.87. The molecule has 2 nitrogen and oxygen atoms in total. The molecule has 2 rings (SSSR count). The minimum absolute atomic E-state index is 0.148. The fourth-order valence-corrected chi connectivity index (χ4v) is 2.21. The van der Waals surface area contributed by atoms with E-state index in [-0.39, 0.29) is 11.3 Å². The Morgan fingerprint density at radius 2 is 2.18 bits per heavy atom. The molecule has 1 aliphatic heterocycles. The molecule has 17 heavy (non-hydrogen) atoms. The van der Waals surface area contributed by atoms with Crippen molar-refractivity contribution < 1.29 is 13.9 Å². The van der Waals surface area contributed by atoms with Crippen LogP contribution in [0.3, 0.4) is 0 Å². The fraction of sp³-hybridized carbons (Fsp3) is 0.500. The topological polar surface area (TPSA) is 26.3 Å². The lowest BCUT2D eigenvalue weighted by Crippen LogP contribution is -2.41. The summed E-state index contributed by atoms with van der Waals surface area (Å²) in [6.07, 6.45) is 2.59. The van der Waals surface area contributed by atoms with Crippen LogP contribution in [0.5, 0.6) is 0 Å². The van der Waals surface area contributed by atoms with Crippen molar-refractivity contribution in [3.63, 3.8) is 0 Å². The second-order valence-electron chi connectivity index (χ2n) is 4.85. The molecule has 3 heteroatoms. The van der Waals surface area contributed by atoms with Gasteiger partial charge in [-0.3, -0.25) is 4.79 Å². The zero-order valence-corrected chi connectivity index (χ0v) is 10.3. The second kappa shape index (κ2) is 4.57. The molecule has 1 heterocycles. The average Bonchev–Trinajstić information content (AvgIpc) is 2.32. The minimum atomic E-state index is -0.854. The predicted molar refractivity (Wildman–Crippen MR) is 63.7 cm³/mol. The number of hydrogen-bond donors (Lipinski definition) is 0. The van der Waals surface area contributed by atoms with E-state index in [1.807, 2.05) is 6.92 Å². The zero-order valence-electron chi connectivity index (χ0n) is 10.3. The first-order valence-electron chi connectivity index (χ1n) is 5.98. The summed E-state index contributed by atoms with van der Waals surface area (Å²) in [5.74, 6) is -0.700. The molecule has 1 aromatic rings. The van der Waals surface area contributed by atoms with E-state index in [9.17, 15) is 9.18 Å². The van der Waals surface area contributed by atoms with Crippen molar-refractivity contribution in [1.29, 1.82) is 0 Å². The molecule has 0 radical (unpaired) electrons. The van der Waals surface area contributed by atoms with Gasteiger partial charge in [-0.25, -0.2) is 4.39 Å². The lowest BCUT2D eigenvalue weighted by molar-refractivity contribution is -0.0428. The lowest BCUT2D eigenvalue weighted by Gasteiger charge is -2.32. The Bertz CT molecular complexity index is 434. The van der Waals surface area contributed by atoms with E-state index in [1.54, 1.807) is 19.1 Å². The molecule has 0 bridgehead atoms. The first-order chi connectivity index (χ1) is 8.03. The number of carbonyl (C=O) groups is 1. The third-order valence-corrected chi connectivity index (χ3v) is 3.32. The highest BCUT2D eigenvalue weighted by atomic mass is 19.1. The molecular weight excluding hydrogens is 219 g/mol. The Morgan fingerprint density at radius 1 is 1.41 bits per heavy atom. The Labute approximate surface area is 101 Å². The average molecular weight is 236 g/mol. The van der Waals surface area contributed by atoms with E-state index in [0.29, 0.717) is 13.0 Å². The Hall–Kier alpha value is -1.22. The van der Waals surface area contributed by atoms with Crippen LogP contribution in [0.2, 0.25) is 0 Å². The van der Waals surface area contributed by atoms with E-state index < -0.39 is 11.4 Å². The molecule has 0 saturated carbocycles. The normalized spacial score (nSPS) is 24.6. The molecule has 0 N–H and O–H groups in total. The van der Waals surface area contributed by atoms with Crippen molar-refractivity contribution in [1.82, 2.24) is 0 Å². The summed E-state index contributed by atoms with van der Waals surface area (Å²) >= 11 is 0. The van der Waals surface area contributed by atoms with Crippen LogP contribution >= 0.6 is 0 Å². The van der Waals surface area contributed by atoms with Crippen LogP contribution in [0.15, 0.2) is 18.2 Å². The summed E-state index contributed by atoms with van der Waals surface area (Å²) in [4.78, 5) is 12.3. The molecule has 1 atom stereocenters.